The molecule has 1 aliphatic heterocycles. The fraction of sp³-hybridized carbons (Fsp3) is 0.727. The van der Waals surface area contributed by atoms with Crippen LogP contribution in [0.3, 0.4) is 0 Å². The summed E-state index contributed by atoms with van der Waals surface area (Å²) in [5, 5.41) is 5.16. The predicted molar refractivity (Wildman–Crippen MR) is 62.0 cm³/mol. The molecule has 1 aliphatic rings. The van der Waals surface area contributed by atoms with Gasteiger partial charge in [0.2, 0.25) is 17.7 Å². The Hall–Kier alpha value is -1.43. The zero-order valence-corrected chi connectivity index (χ0v) is 10.4. The molecule has 0 bridgehead atoms. The Morgan fingerprint density at radius 3 is 2.76 bits per heavy atom. The van der Waals surface area contributed by atoms with Gasteiger partial charge < -0.3 is 10.2 Å². The number of carbonyl (C=O) groups is 3. The summed E-state index contributed by atoms with van der Waals surface area (Å²) in [7, 11) is 1.76. The summed E-state index contributed by atoms with van der Waals surface area (Å²) in [4.78, 5) is 36.4. The molecule has 3 amide bonds. The molecule has 0 saturated carbocycles. The van der Waals surface area contributed by atoms with Crippen LogP contribution in [0, 0.1) is 5.92 Å². The average Bonchev–Trinajstić information content (AvgIpc) is 2.27. The third kappa shape index (κ3) is 3.03. The first-order valence-corrected chi connectivity index (χ1v) is 5.80. The first kappa shape index (κ1) is 13.6. The lowest BCUT2D eigenvalue weighted by molar-refractivity contribution is -0.152. The van der Waals surface area contributed by atoms with Crippen molar-refractivity contribution in [1.29, 1.82) is 0 Å². The second-order valence-electron chi connectivity index (χ2n) is 4.26. The van der Waals surface area contributed by atoms with Crippen LogP contribution < -0.4 is 10.6 Å². The van der Waals surface area contributed by atoms with Crippen LogP contribution in [-0.4, -0.2) is 48.8 Å². The lowest BCUT2D eigenvalue weighted by Crippen LogP contribution is -2.60. The third-order valence-corrected chi connectivity index (χ3v) is 2.86. The molecule has 2 atom stereocenters. The average molecular weight is 241 g/mol. The molecule has 0 spiro atoms. The topological polar surface area (TPSA) is 78.5 Å². The molecule has 6 heteroatoms. The molecule has 0 aliphatic carbocycles. The zero-order chi connectivity index (χ0) is 13.0. The van der Waals surface area contributed by atoms with Gasteiger partial charge in [0.25, 0.3) is 0 Å². The highest BCUT2D eigenvalue weighted by molar-refractivity contribution is 6.04. The Bertz CT molecular complexity index is 330. The fourth-order valence-electron chi connectivity index (χ4n) is 1.98. The van der Waals surface area contributed by atoms with Crippen LogP contribution >= 0.6 is 0 Å². The van der Waals surface area contributed by atoms with E-state index in [9.17, 15) is 14.4 Å². The number of nitrogens with one attached hydrogen (secondary N) is 2. The van der Waals surface area contributed by atoms with E-state index in [1.54, 1.807) is 14.0 Å². The van der Waals surface area contributed by atoms with E-state index in [1.807, 2.05) is 6.92 Å². The van der Waals surface area contributed by atoms with E-state index in [0.717, 1.165) is 0 Å². The van der Waals surface area contributed by atoms with Crippen molar-refractivity contribution in [2.24, 2.45) is 5.92 Å². The van der Waals surface area contributed by atoms with Gasteiger partial charge in [-0.15, -0.1) is 0 Å². The van der Waals surface area contributed by atoms with Crippen molar-refractivity contribution in [3.63, 3.8) is 0 Å². The summed E-state index contributed by atoms with van der Waals surface area (Å²) in [5.41, 5.74) is 0. The van der Waals surface area contributed by atoms with Crippen molar-refractivity contribution >= 4 is 17.7 Å². The Morgan fingerprint density at radius 1 is 1.59 bits per heavy atom. The molecule has 1 fully saturated rings. The number of piperazine rings is 1. The molecule has 1 rings (SSSR count). The lowest BCUT2D eigenvalue weighted by atomic mass is 10.0. The molecule has 0 radical (unpaired) electrons. The summed E-state index contributed by atoms with van der Waals surface area (Å²) in [6.07, 6.45) is 0.511. The van der Waals surface area contributed by atoms with Crippen LogP contribution in [0.4, 0.5) is 0 Å². The molecule has 96 valence electrons. The molecule has 1 heterocycles. The number of amides is 3. The van der Waals surface area contributed by atoms with Crippen LogP contribution in [0.2, 0.25) is 0 Å². The summed E-state index contributed by atoms with van der Waals surface area (Å²) in [6, 6.07) is -0.528. The van der Waals surface area contributed by atoms with Gasteiger partial charge >= 0.3 is 0 Å². The van der Waals surface area contributed by atoms with Crippen molar-refractivity contribution in [3.05, 3.63) is 0 Å². The lowest BCUT2D eigenvalue weighted by Gasteiger charge is -2.35. The van der Waals surface area contributed by atoms with Gasteiger partial charge in [-0.1, -0.05) is 13.8 Å². The Kier molecular flexibility index (Phi) is 4.62. The summed E-state index contributed by atoms with van der Waals surface area (Å²) >= 11 is 0. The maximum absolute atomic E-state index is 12.1. The van der Waals surface area contributed by atoms with Gasteiger partial charge in [0, 0.05) is 12.5 Å². The van der Waals surface area contributed by atoms with Gasteiger partial charge in [0.05, 0.1) is 0 Å². The second-order valence-corrected chi connectivity index (χ2v) is 4.26. The SMILES string of the molecule is CCC1C(=O)NC(=O)CN1C(=O)C(C)CNC. The zero-order valence-electron chi connectivity index (χ0n) is 10.4. The summed E-state index contributed by atoms with van der Waals surface area (Å²) < 4.78 is 0. The number of carbonyl (C=O) groups excluding carboxylic acids is 3. The molecule has 6 nitrogen and oxygen atoms in total. The van der Waals surface area contributed by atoms with E-state index < -0.39 is 11.9 Å². The number of imide groups is 1. The highest BCUT2D eigenvalue weighted by atomic mass is 16.2. The number of nitrogens with zero attached hydrogens (tertiary/aromatic N) is 1. The number of rotatable bonds is 4. The monoisotopic (exact) mass is 241 g/mol. The second kappa shape index (κ2) is 5.77. The van der Waals surface area contributed by atoms with Crippen LogP contribution in [-0.2, 0) is 14.4 Å². The Morgan fingerprint density at radius 2 is 2.24 bits per heavy atom. The smallest absolute Gasteiger partial charge is 0.249 e. The van der Waals surface area contributed by atoms with Crippen molar-refractivity contribution in [1.82, 2.24) is 15.5 Å². The molecule has 2 unspecified atom stereocenters. The minimum atomic E-state index is -0.528. The van der Waals surface area contributed by atoms with E-state index >= 15 is 0 Å². The van der Waals surface area contributed by atoms with E-state index in [1.165, 1.54) is 4.90 Å². The van der Waals surface area contributed by atoms with Gasteiger partial charge in [-0.3, -0.25) is 19.7 Å². The maximum atomic E-state index is 12.1. The van der Waals surface area contributed by atoms with Crippen LogP contribution in [0.5, 0.6) is 0 Å². The molecular formula is C11H19N3O3. The first-order chi connectivity index (χ1) is 8.01. The number of hydrogen-bond acceptors (Lipinski definition) is 4. The van der Waals surface area contributed by atoms with Crippen molar-refractivity contribution < 1.29 is 14.4 Å². The van der Waals surface area contributed by atoms with Crippen molar-refractivity contribution in [2.45, 2.75) is 26.3 Å². The maximum Gasteiger partial charge on any atom is 0.249 e. The third-order valence-electron chi connectivity index (χ3n) is 2.86. The van der Waals surface area contributed by atoms with Gasteiger partial charge in [-0.2, -0.15) is 0 Å². The largest absolute Gasteiger partial charge is 0.321 e. The minimum absolute atomic E-state index is 0.0306. The highest BCUT2D eigenvalue weighted by Gasteiger charge is 2.36. The van der Waals surface area contributed by atoms with Crippen molar-refractivity contribution in [3.8, 4) is 0 Å². The molecule has 0 aromatic heterocycles. The Balaban J connectivity index is 2.81. The quantitative estimate of drug-likeness (QED) is 0.626. The number of hydrogen-bond donors (Lipinski definition) is 2. The normalized spacial score (nSPS) is 22.3. The molecule has 2 N–H and O–H groups in total. The van der Waals surface area contributed by atoms with Crippen molar-refractivity contribution in [2.75, 3.05) is 20.1 Å². The predicted octanol–water partition coefficient (Wildman–Crippen LogP) is -0.894. The van der Waals surface area contributed by atoms with Crippen LogP contribution in [0.15, 0.2) is 0 Å². The molecule has 0 aromatic carbocycles. The van der Waals surface area contributed by atoms with E-state index in [0.29, 0.717) is 13.0 Å². The highest BCUT2D eigenvalue weighted by Crippen LogP contribution is 2.13. The van der Waals surface area contributed by atoms with E-state index in [2.05, 4.69) is 10.6 Å². The molecule has 0 aromatic rings. The van der Waals surface area contributed by atoms with E-state index in [4.69, 9.17) is 0 Å². The van der Waals surface area contributed by atoms with Gasteiger partial charge in [0.15, 0.2) is 0 Å². The van der Waals surface area contributed by atoms with Crippen LogP contribution in [0.25, 0.3) is 0 Å². The summed E-state index contributed by atoms with van der Waals surface area (Å²) in [5.74, 6) is -1.19. The molecular weight excluding hydrogens is 222 g/mol. The van der Waals surface area contributed by atoms with E-state index in [-0.39, 0.29) is 24.3 Å². The van der Waals surface area contributed by atoms with Gasteiger partial charge in [-0.25, -0.2) is 0 Å². The fourth-order valence-corrected chi connectivity index (χ4v) is 1.98. The molecule has 17 heavy (non-hydrogen) atoms. The minimum Gasteiger partial charge on any atom is -0.321 e. The van der Waals surface area contributed by atoms with Gasteiger partial charge in [0.1, 0.15) is 12.6 Å². The van der Waals surface area contributed by atoms with Gasteiger partial charge in [-0.05, 0) is 13.5 Å². The summed E-state index contributed by atoms with van der Waals surface area (Å²) in [6.45, 7) is 4.10. The Labute approximate surface area is 101 Å². The standard InChI is InChI=1S/C11H19N3O3/c1-4-8-10(16)13-9(15)6-14(8)11(17)7(2)5-12-3/h7-8,12H,4-6H2,1-3H3,(H,13,15,16). The first-order valence-electron chi connectivity index (χ1n) is 5.80. The van der Waals surface area contributed by atoms with Crippen LogP contribution in [0.1, 0.15) is 20.3 Å². The molecule has 1 saturated heterocycles.